The zero-order valence-corrected chi connectivity index (χ0v) is 6.75. The van der Waals surface area contributed by atoms with Gasteiger partial charge in [0.25, 0.3) is 0 Å². The van der Waals surface area contributed by atoms with Gasteiger partial charge in [-0.05, 0) is 25.8 Å². The monoisotopic (exact) mass is 172 g/mol. The molecule has 0 aliphatic heterocycles. The van der Waals surface area contributed by atoms with E-state index in [9.17, 15) is 0 Å². The number of allylic oxidation sites excluding steroid dienone is 4. The van der Waals surface area contributed by atoms with Crippen LogP contribution in [-0.4, -0.2) is 0 Å². The lowest BCUT2D eigenvalue weighted by Gasteiger charge is -1.92. The van der Waals surface area contributed by atoms with Crippen LogP contribution >= 0.6 is 15.9 Å². The van der Waals surface area contributed by atoms with E-state index in [0.29, 0.717) is 0 Å². The summed E-state index contributed by atoms with van der Waals surface area (Å²) in [5.41, 5.74) is 2.89. The molecule has 0 fully saturated rings. The minimum absolute atomic E-state index is 1.13. The smallest absolute Gasteiger partial charge is 0.0167 e. The van der Waals surface area contributed by atoms with Crippen LogP contribution in [0.2, 0.25) is 0 Å². The van der Waals surface area contributed by atoms with Crippen LogP contribution in [0.15, 0.2) is 21.7 Å². The van der Waals surface area contributed by atoms with Crippen molar-refractivity contribution in [2.75, 3.05) is 0 Å². The third kappa shape index (κ3) is 0.873. The molecule has 0 aromatic heterocycles. The molecule has 1 aliphatic rings. The van der Waals surface area contributed by atoms with Crippen molar-refractivity contribution in [3.8, 4) is 0 Å². The average Bonchev–Trinajstić information content (AvgIpc) is 1.98. The standard InChI is InChI=1S/C7H9Br/c1-5-3-4-7(8)6(5)2/h4H,3H2,1-2H3. The SMILES string of the molecule is CC1=C(C)C(Br)=CC1. The summed E-state index contributed by atoms with van der Waals surface area (Å²) in [6, 6.07) is 0. The van der Waals surface area contributed by atoms with Gasteiger partial charge in [-0.1, -0.05) is 27.6 Å². The Balaban J connectivity index is 2.88. The van der Waals surface area contributed by atoms with Crippen LogP contribution in [0.25, 0.3) is 0 Å². The molecule has 0 saturated carbocycles. The van der Waals surface area contributed by atoms with Crippen molar-refractivity contribution in [2.45, 2.75) is 20.3 Å². The van der Waals surface area contributed by atoms with Crippen molar-refractivity contribution in [1.29, 1.82) is 0 Å². The average molecular weight is 173 g/mol. The lowest BCUT2D eigenvalue weighted by molar-refractivity contribution is 1.22. The molecule has 0 amide bonds. The Bertz CT molecular complexity index is 158. The van der Waals surface area contributed by atoms with Crippen molar-refractivity contribution in [1.82, 2.24) is 0 Å². The fourth-order valence-electron chi connectivity index (χ4n) is 0.753. The zero-order valence-electron chi connectivity index (χ0n) is 5.16. The number of hydrogen-bond acceptors (Lipinski definition) is 0. The first-order chi connectivity index (χ1) is 3.72. The summed E-state index contributed by atoms with van der Waals surface area (Å²) in [5.74, 6) is 0. The van der Waals surface area contributed by atoms with Gasteiger partial charge in [-0.15, -0.1) is 0 Å². The molecule has 0 aromatic carbocycles. The van der Waals surface area contributed by atoms with E-state index in [0.717, 1.165) is 6.42 Å². The highest BCUT2D eigenvalue weighted by Gasteiger charge is 2.05. The molecule has 0 nitrogen and oxygen atoms in total. The van der Waals surface area contributed by atoms with Crippen LogP contribution in [0.4, 0.5) is 0 Å². The second-order valence-electron chi connectivity index (χ2n) is 2.16. The first kappa shape index (κ1) is 6.09. The predicted molar refractivity (Wildman–Crippen MR) is 40.0 cm³/mol. The largest absolute Gasteiger partial charge is 0.0659 e. The molecule has 1 rings (SSSR count). The molecule has 0 N–H and O–H groups in total. The Hall–Kier alpha value is -0.0400. The Morgan fingerprint density at radius 2 is 2.12 bits per heavy atom. The van der Waals surface area contributed by atoms with Crippen molar-refractivity contribution in [3.05, 3.63) is 21.7 Å². The van der Waals surface area contributed by atoms with E-state index in [2.05, 4.69) is 35.9 Å². The molecule has 0 atom stereocenters. The van der Waals surface area contributed by atoms with Crippen molar-refractivity contribution < 1.29 is 0 Å². The maximum atomic E-state index is 3.45. The van der Waals surface area contributed by atoms with Gasteiger partial charge in [-0.2, -0.15) is 0 Å². The molecule has 0 radical (unpaired) electrons. The van der Waals surface area contributed by atoms with Gasteiger partial charge in [0.15, 0.2) is 0 Å². The number of halogens is 1. The van der Waals surface area contributed by atoms with E-state index >= 15 is 0 Å². The van der Waals surface area contributed by atoms with E-state index in [1.807, 2.05) is 0 Å². The van der Waals surface area contributed by atoms with Gasteiger partial charge in [0.2, 0.25) is 0 Å². The molecule has 8 heavy (non-hydrogen) atoms. The van der Waals surface area contributed by atoms with E-state index in [1.165, 1.54) is 15.6 Å². The van der Waals surface area contributed by atoms with Crippen LogP contribution in [0.1, 0.15) is 20.3 Å². The lowest BCUT2D eigenvalue weighted by atomic mass is 10.2. The Labute approximate surface area is 58.4 Å². The summed E-state index contributed by atoms with van der Waals surface area (Å²) >= 11 is 3.45. The van der Waals surface area contributed by atoms with Crippen molar-refractivity contribution in [2.24, 2.45) is 0 Å². The maximum Gasteiger partial charge on any atom is 0.0167 e. The highest BCUT2D eigenvalue weighted by molar-refractivity contribution is 9.12. The number of hydrogen-bond donors (Lipinski definition) is 0. The summed E-state index contributed by atoms with van der Waals surface area (Å²) < 4.78 is 1.27. The van der Waals surface area contributed by atoms with Crippen LogP contribution in [-0.2, 0) is 0 Å². The van der Waals surface area contributed by atoms with Gasteiger partial charge < -0.3 is 0 Å². The minimum Gasteiger partial charge on any atom is -0.0659 e. The minimum atomic E-state index is 1.13. The van der Waals surface area contributed by atoms with Crippen molar-refractivity contribution in [3.63, 3.8) is 0 Å². The predicted octanol–water partition coefficient (Wildman–Crippen LogP) is 3.01. The first-order valence-electron chi connectivity index (χ1n) is 2.74. The summed E-state index contributed by atoms with van der Waals surface area (Å²) in [7, 11) is 0. The van der Waals surface area contributed by atoms with Gasteiger partial charge in [0.1, 0.15) is 0 Å². The summed E-state index contributed by atoms with van der Waals surface area (Å²) in [6.07, 6.45) is 3.33. The summed E-state index contributed by atoms with van der Waals surface area (Å²) in [5, 5.41) is 0. The van der Waals surface area contributed by atoms with Crippen LogP contribution < -0.4 is 0 Å². The topological polar surface area (TPSA) is 0 Å². The van der Waals surface area contributed by atoms with Gasteiger partial charge in [-0.25, -0.2) is 0 Å². The Morgan fingerprint density at radius 1 is 1.50 bits per heavy atom. The van der Waals surface area contributed by atoms with Gasteiger partial charge in [0.05, 0.1) is 0 Å². The molecule has 0 spiro atoms. The maximum absolute atomic E-state index is 3.45. The molecule has 0 aromatic rings. The fraction of sp³-hybridized carbons (Fsp3) is 0.429. The van der Waals surface area contributed by atoms with Crippen LogP contribution in [0.3, 0.4) is 0 Å². The molecular formula is C7H9Br. The third-order valence-corrected chi connectivity index (χ3v) is 2.50. The molecule has 0 saturated heterocycles. The van der Waals surface area contributed by atoms with Crippen molar-refractivity contribution >= 4 is 15.9 Å². The first-order valence-corrected chi connectivity index (χ1v) is 3.53. The highest BCUT2D eigenvalue weighted by Crippen LogP contribution is 2.28. The van der Waals surface area contributed by atoms with Crippen LogP contribution in [0, 0.1) is 0 Å². The molecule has 0 heterocycles. The molecule has 1 heteroatoms. The fourth-order valence-corrected chi connectivity index (χ4v) is 1.25. The van der Waals surface area contributed by atoms with Gasteiger partial charge >= 0.3 is 0 Å². The van der Waals surface area contributed by atoms with E-state index in [4.69, 9.17) is 0 Å². The normalized spacial score (nSPS) is 19.6. The second-order valence-corrected chi connectivity index (χ2v) is 3.02. The van der Waals surface area contributed by atoms with E-state index in [1.54, 1.807) is 0 Å². The molecule has 0 bridgehead atoms. The summed E-state index contributed by atoms with van der Waals surface area (Å²) in [4.78, 5) is 0. The zero-order chi connectivity index (χ0) is 6.15. The molecule has 1 aliphatic carbocycles. The van der Waals surface area contributed by atoms with Gasteiger partial charge in [-0.3, -0.25) is 0 Å². The second kappa shape index (κ2) is 2.06. The van der Waals surface area contributed by atoms with E-state index < -0.39 is 0 Å². The van der Waals surface area contributed by atoms with E-state index in [-0.39, 0.29) is 0 Å². The Kier molecular flexibility index (Phi) is 1.57. The molecule has 44 valence electrons. The van der Waals surface area contributed by atoms with Gasteiger partial charge in [0, 0.05) is 4.48 Å². The van der Waals surface area contributed by atoms with Crippen LogP contribution in [0.5, 0.6) is 0 Å². The third-order valence-electron chi connectivity index (χ3n) is 1.59. The number of rotatable bonds is 0. The molecular weight excluding hydrogens is 164 g/mol. The molecule has 0 unspecified atom stereocenters. The Morgan fingerprint density at radius 3 is 2.25 bits per heavy atom. The quantitative estimate of drug-likeness (QED) is 0.528. The lowest BCUT2D eigenvalue weighted by Crippen LogP contribution is -1.71. The highest BCUT2D eigenvalue weighted by atomic mass is 79.9. The summed E-state index contributed by atoms with van der Waals surface area (Å²) in [6.45, 7) is 4.31.